The molecule has 1 unspecified atom stereocenters. The Kier molecular flexibility index (Phi) is 12.8. The number of rotatable bonds is 9. The lowest BCUT2D eigenvalue weighted by Gasteiger charge is -2.26. The number of hydrogen-bond donors (Lipinski definition) is 2. The van der Waals surface area contributed by atoms with Crippen LogP contribution in [0.5, 0.6) is 0 Å². The van der Waals surface area contributed by atoms with E-state index in [4.69, 9.17) is 14.2 Å². The number of guanidine groups is 1. The summed E-state index contributed by atoms with van der Waals surface area (Å²) in [6.07, 6.45) is 2.25. The molecule has 0 radical (unpaired) electrons. The van der Waals surface area contributed by atoms with E-state index < -0.39 is 0 Å². The fourth-order valence-electron chi connectivity index (χ4n) is 2.65. The normalized spacial score (nSPS) is 22.2. The quantitative estimate of drug-likeness (QED) is 0.230. The number of nitrogens with one attached hydrogen (secondary N) is 2. The Morgan fingerprint density at radius 3 is 2.75 bits per heavy atom. The average molecular weight is 456 g/mol. The van der Waals surface area contributed by atoms with Gasteiger partial charge >= 0.3 is 0 Å². The Labute approximate surface area is 162 Å². The summed E-state index contributed by atoms with van der Waals surface area (Å²) in [5.41, 5.74) is 0. The Bertz CT molecular complexity index is 335. The van der Waals surface area contributed by atoms with Gasteiger partial charge in [0.05, 0.1) is 25.9 Å². The molecule has 0 amide bonds. The van der Waals surface area contributed by atoms with Crippen LogP contribution in [0.15, 0.2) is 4.99 Å². The molecule has 2 rings (SSSR count). The molecule has 2 aliphatic heterocycles. The molecule has 1 atom stereocenters. The second kappa shape index (κ2) is 14.1. The molecular formula is C16H33IN4O3. The largest absolute Gasteiger partial charge is 0.379 e. The van der Waals surface area contributed by atoms with E-state index in [1.807, 2.05) is 0 Å². The van der Waals surface area contributed by atoms with E-state index in [1.165, 1.54) is 0 Å². The highest BCUT2D eigenvalue weighted by atomic mass is 127. The molecule has 0 spiro atoms. The highest BCUT2D eigenvalue weighted by Crippen LogP contribution is 2.08. The molecule has 142 valence electrons. The van der Waals surface area contributed by atoms with Crippen molar-refractivity contribution in [3.05, 3.63) is 0 Å². The lowest BCUT2D eigenvalue weighted by atomic mass is 10.3. The molecule has 0 saturated carbocycles. The van der Waals surface area contributed by atoms with Crippen molar-refractivity contribution >= 4 is 29.9 Å². The SMILES string of the molecule is CCNC(=NCCCOC1CCOC1)NCCN1CCOCC1.I. The summed E-state index contributed by atoms with van der Waals surface area (Å²) in [5, 5.41) is 6.68. The summed E-state index contributed by atoms with van der Waals surface area (Å²) in [6.45, 7) is 11.7. The van der Waals surface area contributed by atoms with Crippen LogP contribution in [0.1, 0.15) is 19.8 Å². The van der Waals surface area contributed by atoms with Crippen molar-refractivity contribution in [2.24, 2.45) is 4.99 Å². The fraction of sp³-hybridized carbons (Fsp3) is 0.938. The van der Waals surface area contributed by atoms with E-state index in [0.29, 0.717) is 6.10 Å². The minimum Gasteiger partial charge on any atom is -0.379 e. The molecule has 2 heterocycles. The van der Waals surface area contributed by atoms with Crippen molar-refractivity contribution in [2.75, 3.05) is 72.3 Å². The van der Waals surface area contributed by atoms with E-state index in [9.17, 15) is 0 Å². The van der Waals surface area contributed by atoms with Gasteiger partial charge in [0.2, 0.25) is 0 Å². The molecular weight excluding hydrogens is 423 g/mol. The first kappa shape index (κ1) is 21.9. The summed E-state index contributed by atoms with van der Waals surface area (Å²) in [4.78, 5) is 7.01. The summed E-state index contributed by atoms with van der Waals surface area (Å²) in [7, 11) is 0. The monoisotopic (exact) mass is 456 g/mol. The van der Waals surface area contributed by atoms with Crippen LogP contribution in [-0.2, 0) is 14.2 Å². The van der Waals surface area contributed by atoms with Gasteiger partial charge in [0.1, 0.15) is 0 Å². The maximum Gasteiger partial charge on any atom is 0.191 e. The van der Waals surface area contributed by atoms with Gasteiger partial charge in [-0.15, -0.1) is 24.0 Å². The molecule has 24 heavy (non-hydrogen) atoms. The van der Waals surface area contributed by atoms with Gasteiger partial charge in [0.15, 0.2) is 5.96 Å². The van der Waals surface area contributed by atoms with Gasteiger partial charge in [-0.05, 0) is 19.8 Å². The third kappa shape index (κ3) is 9.36. The second-order valence-electron chi connectivity index (χ2n) is 5.85. The molecule has 2 fully saturated rings. The minimum atomic E-state index is 0. The summed E-state index contributed by atoms with van der Waals surface area (Å²) >= 11 is 0. The lowest BCUT2D eigenvalue weighted by Crippen LogP contribution is -2.44. The molecule has 0 bridgehead atoms. The van der Waals surface area contributed by atoms with Crippen LogP contribution < -0.4 is 10.6 Å². The highest BCUT2D eigenvalue weighted by molar-refractivity contribution is 14.0. The van der Waals surface area contributed by atoms with E-state index in [1.54, 1.807) is 0 Å². The molecule has 7 nitrogen and oxygen atoms in total. The molecule has 0 aromatic rings. The third-order valence-corrected chi connectivity index (χ3v) is 3.98. The van der Waals surface area contributed by atoms with Crippen molar-refractivity contribution in [3.8, 4) is 0 Å². The average Bonchev–Trinajstić information content (AvgIpc) is 3.09. The number of hydrogen-bond acceptors (Lipinski definition) is 5. The van der Waals surface area contributed by atoms with Crippen LogP contribution in [0, 0.1) is 0 Å². The lowest BCUT2D eigenvalue weighted by molar-refractivity contribution is 0.0389. The van der Waals surface area contributed by atoms with Crippen LogP contribution in [0.4, 0.5) is 0 Å². The first-order valence-corrected chi connectivity index (χ1v) is 8.90. The smallest absolute Gasteiger partial charge is 0.191 e. The van der Waals surface area contributed by atoms with Gasteiger partial charge < -0.3 is 24.8 Å². The summed E-state index contributed by atoms with van der Waals surface area (Å²) in [5.74, 6) is 0.893. The molecule has 0 aromatic heterocycles. The minimum absolute atomic E-state index is 0. The van der Waals surface area contributed by atoms with Crippen LogP contribution in [0.3, 0.4) is 0 Å². The Balaban J connectivity index is 0.00000288. The standard InChI is InChI=1S/C16H32N4O3.HI/c1-2-17-16(19-6-7-20-8-12-21-13-9-20)18-5-3-10-23-15-4-11-22-14-15;/h15H,2-14H2,1H3,(H2,17,18,19);1H. The van der Waals surface area contributed by atoms with E-state index in [2.05, 4.69) is 27.4 Å². The Morgan fingerprint density at radius 1 is 1.21 bits per heavy atom. The Morgan fingerprint density at radius 2 is 2.04 bits per heavy atom. The van der Waals surface area contributed by atoms with E-state index in [-0.39, 0.29) is 24.0 Å². The number of aliphatic imine (C=N–C) groups is 1. The number of morpholine rings is 1. The predicted octanol–water partition coefficient (Wildman–Crippen LogP) is 0.687. The predicted molar refractivity (Wildman–Crippen MR) is 106 cm³/mol. The van der Waals surface area contributed by atoms with Crippen molar-refractivity contribution in [3.63, 3.8) is 0 Å². The topological polar surface area (TPSA) is 67.4 Å². The van der Waals surface area contributed by atoms with Gasteiger partial charge in [-0.1, -0.05) is 0 Å². The van der Waals surface area contributed by atoms with Gasteiger partial charge in [0, 0.05) is 52.5 Å². The Hall–Kier alpha value is -0.160. The van der Waals surface area contributed by atoms with Gasteiger partial charge in [-0.3, -0.25) is 9.89 Å². The maximum absolute atomic E-state index is 5.75. The molecule has 2 aliphatic rings. The molecule has 8 heteroatoms. The first-order chi connectivity index (χ1) is 11.4. The summed E-state index contributed by atoms with van der Waals surface area (Å²) in [6, 6.07) is 0. The fourth-order valence-corrected chi connectivity index (χ4v) is 2.65. The summed E-state index contributed by atoms with van der Waals surface area (Å²) < 4.78 is 16.4. The zero-order valence-corrected chi connectivity index (χ0v) is 17.1. The number of nitrogens with zero attached hydrogens (tertiary/aromatic N) is 2. The molecule has 2 saturated heterocycles. The van der Waals surface area contributed by atoms with Crippen LogP contribution in [-0.4, -0.2) is 89.3 Å². The molecule has 0 aliphatic carbocycles. The van der Waals surface area contributed by atoms with Crippen LogP contribution >= 0.6 is 24.0 Å². The molecule has 0 aromatic carbocycles. The zero-order chi connectivity index (χ0) is 16.2. The van der Waals surface area contributed by atoms with Crippen molar-refractivity contribution in [1.82, 2.24) is 15.5 Å². The van der Waals surface area contributed by atoms with Crippen LogP contribution in [0.2, 0.25) is 0 Å². The van der Waals surface area contributed by atoms with Crippen molar-refractivity contribution < 1.29 is 14.2 Å². The van der Waals surface area contributed by atoms with Crippen LogP contribution in [0.25, 0.3) is 0 Å². The zero-order valence-electron chi connectivity index (χ0n) is 14.8. The second-order valence-corrected chi connectivity index (χ2v) is 5.85. The van der Waals surface area contributed by atoms with E-state index >= 15 is 0 Å². The number of halogens is 1. The van der Waals surface area contributed by atoms with Gasteiger partial charge in [0.25, 0.3) is 0 Å². The van der Waals surface area contributed by atoms with Crippen molar-refractivity contribution in [1.29, 1.82) is 0 Å². The highest BCUT2D eigenvalue weighted by Gasteiger charge is 2.15. The number of ether oxygens (including phenoxy) is 3. The molecule has 2 N–H and O–H groups in total. The third-order valence-electron chi connectivity index (χ3n) is 3.98. The van der Waals surface area contributed by atoms with Gasteiger partial charge in [-0.25, -0.2) is 0 Å². The van der Waals surface area contributed by atoms with E-state index in [0.717, 1.165) is 91.1 Å². The van der Waals surface area contributed by atoms with Crippen molar-refractivity contribution in [2.45, 2.75) is 25.9 Å². The first-order valence-electron chi connectivity index (χ1n) is 8.90. The maximum atomic E-state index is 5.75. The van der Waals surface area contributed by atoms with Gasteiger partial charge in [-0.2, -0.15) is 0 Å².